The van der Waals surface area contributed by atoms with Crippen LogP contribution in [0.5, 0.6) is 0 Å². The van der Waals surface area contributed by atoms with E-state index >= 15 is 0 Å². The summed E-state index contributed by atoms with van der Waals surface area (Å²) in [6, 6.07) is 4.24. The van der Waals surface area contributed by atoms with Crippen LogP contribution < -0.4 is 0 Å². The van der Waals surface area contributed by atoms with E-state index in [1.54, 1.807) is 20.8 Å². The summed E-state index contributed by atoms with van der Waals surface area (Å²) in [5.41, 5.74) is -0.287. The predicted octanol–water partition coefficient (Wildman–Crippen LogP) is 3.69. The van der Waals surface area contributed by atoms with Crippen LogP contribution in [0, 0.1) is 4.91 Å². The Morgan fingerprint density at radius 2 is 2.00 bits per heavy atom. The molecule has 16 heavy (non-hydrogen) atoms. The van der Waals surface area contributed by atoms with Crippen molar-refractivity contribution in [1.82, 2.24) is 0 Å². The number of ether oxygens (including phenoxy) is 1. The Balaban J connectivity index is 2.97. The smallest absolute Gasteiger partial charge is 0.338 e. The number of hydrogen-bond acceptors (Lipinski definition) is 4. The van der Waals surface area contributed by atoms with Crippen molar-refractivity contribution in [2.24, 2.45) is 5.18 Å². The number of benzene rings is 1. The summed E-state index contributed by atoms with van der Waals surface area (Å²) in [4.78, 5) is 22.0. The average Bonchev–Trinajstić information content (AvgIpc) is 2.15. The highest BCUT2D eigenvalue weighted by atomic mass is 35.5. The van der Waals surface area contributed by atoms with Crippen molar-refractivity contribution >= 4 is 23.3 Å². The zero-order valence-electron chi connectivity index (χ0n) is 9.28. The second kappa shape index (κ2) is 4.61. The molecule has 4 nitrogen and oxygen atoms in total. The Bertz CT molecular complexity index is 424. The molecule has 1 aromatic carbocycles. The summed E-state index contributed by atoms with van der Waals surface area (Å²) in [6.07, 6.45) is 0. The van der Waals surface area contributed by atoms with Gasteiger partial charge in [0, 0.05) is 0 Å². The van der Waals surface area contributed by atoms with Gasteiger partial charge in [0.2, 0.25) is 0 Å². The maximum absolute atomic E-state index is 11.6. The number of hydrogen-bond donors (Lipinski definition) is 0. The first-order valence-electron chi connectivity index (χ1n) is 4.70. The third-order valence-corrected chi connectivity index (χ3v) is 2.00. The second-order valence-electron chi connectivity index (χ2n) is 4.26. The molecule has 0 aliphatic heterocycles. The lowest BCUT2D eigenvalue weighted by Gasteiger charge is -2.19. The van der Waals surface area contributed by atoms with Crippen molar-refractivity contribution in [3.05, 3.63) is 33.7 Å². The molecule has 0 aliphatic carbocycles. The third-order valence-electron chi connectivity index (χ3n) is 1.68. The third kappa shape index (κ3) is 3.31. The van der Waals surface area contributed by atoms with Gasteiger partial charge < -0.3 is 4.74 Å². The maximum Gasteiger partial charge on any atom is 0.338 e. The number of rotatable bonds is 2. The molecule has 0 radical (unpaired) electrons. The van der Waals surface area contributed by atoms with E-state index < -0.39 is 11.6 Å². The molecule has 0 aliphatic rings. The van der Waals surface area contributed by atoms with E-state index in [1.165, 1.54) is 18.2 Å². The molecule has 1 aromatic rings. The van der Waals surface area contributed by atoms with Gasteiger partial charge in [-0.3, -0.25) is 0 Å². The average molecular weight is 242 g/mol. The summed E-state index contributed by atoms with van der Waals surface area (Å²) in [6.45, 7) is 5.29. The van der Waals surface area contributed by atoms with Gasteiger partial charge in [-0.1, -0.05) is 11.6 Å². The Labute approximate surface area is 98.5 Å². The second-order valence-corrected chi connectivity index (χ2v) is 4.67. The van der Waals surface area contributed by atoms with Crippen LogP contribution in [0.25, 0.3) is 0 Å². The van der Waals surface area contributed by atoms with E-state index in [4.69, 9.17) is 16.3 Å². The molecule has 0 heterocycles. The quantitative estimate of drug-likeness (QED) is 0.586. The summed E-state index contributed by atoms with van der Waals surface area (Å²) in [7, 11) is 0. The van der Waals surface area contributed by atoms with Gasteiger partial charge in [0.1, 0.15) is 11.3 Å². The van der Waals surface area contributed by atoms with Crippen LogP contribution in [0.2, 0.25) is 5.02 Å². The Kier molecular flexibility index (Phi) is 3.65. The first kappa shape index (κ1) is 12.6. The molecule has 0 aromatic heterocycles. The summed E-state index contributed by atoms with van der Waals surface area (Å²) >= 11 is 5.69. The van der Waals surface area contributed by atoms with Gasteiger partial charge >= 0.3 is 5.97 Å². The van der Waals surface area contributed by atoms with Gasteiger partial charge in [0.25, 0.3) is 0 Å². The van der Waals surface area contributed by atoms with Crippen LogP contribution in [-0.2, 0) is 4.74 Å². The van der Waals surface area contributed by atoms with Gasteiger partial charge in [0.15, 0.2) is 0 Å². The molecule has 0 atom stereocenters. The van der Waals surface area contributed by atoms with Gasteiger partial charge in [-0.05, 0) is 44.1 Å². The number of carbonyl (C=O) groups is 1. The molecule has 0 spiro atoms. The van der Waals surface area contributed by atoms with E-state index in [0.29, 0.717) is 0 Å². The molecule has 0 N–H and O–H groups in total. The fourth-order valence-electron chi connectivity index (χ4n) is 1.05. The van der Waals surface area contributed by atoms with Crippen LogP contribution in [0.1, 0.15) is 31.1 Å². The fourth-order valence-corrected chi connectivity index (χ4v) is 1.20. The van der Waals surface area contributed by atoms with E-state index in [-0.39, 0.29) is 16.3 Å². The van der Waals surface area contributed by atoms with Gasteiger partial charge in [0.05, 0.1) is 10.6 Å². The molecule has 0 bridgehead atoms. The first-order valence-corrected chi connectivity index (χ1v) is 5.07. The van der Waals surface area contributed by atoms with Crippen LogP contribution in [0.3, 0.4) is 0 Å². The first-order chi connectivity index (χ1) is 7.33. The zero-order valence-corrected chi connectivity index (χ0v) is 10.0. The highest BCUT2D eigenvalue weighted by Gasteiger charge is 2.18. The van der Waals surface area contributed by atoms with Crippen LogP contribution in [0.4, 0.5) is 5.69 Å². The molecular formula is C11H12ClNO3. The van der Waals surface area contributed by atoms with Gasteiger partial charge in [-0.25, -0.2) is 4.79 Å². The normalized spacial score (nSPS) is 11.0. The van der Waals surface area contributed by atoms with E-state index in [2.05, 4.69) is 5.18 Å². The fraction of sp³-hybridized carbons (Fsp3) is 0.364. The van der Waals surface area contributed by atoms with Crippen molar-refractivity contribution in [2.45, 2.75) is 26.4 Å². The predicted molar refractivity (Wildman–Crippen MR) is 62.1 cm³/mol. The Morgan fingerprint density at radius 1 is 1.38 bits per heavy atom. The lowest BCUT2D eigenvalue weighted by molar-refractivity contribution is 0.00696. The van der Waals surface area contributed by atoms with Crippen LogP contribution >= 0.6 is 11.6 Å². The van der Waals surface area contributed by atoms with E-state index in [0.717, 1.165) is 0 Å². The highest BCUT2D eigenvalue weighted by molar-refractivity contribution is 6.33. The lowest BCUT2D eigenvalue weighted by Crippen LogP contribution is -2.23. The van der Waals surface area contributed by atoms with Crippen molar-refractivity contribution < 1.29 is 9.53 Å². The highest BCUT2D eigenvalue weighted by Crippen LogP contribution is 2.26. The minimum atomic E-state index is -0.578. The maximum atomic E-state index is 11.6. The topological polar surface area (TPSA) is 55.7 Å². The zero-order chi connectivity index (χ0) is 12.3. The summed E-state index contributed by atoms with van der Waals surface area (Å²) < 4.78 is 5.14. The molecule has 86 valence electrons. The van der Waals surface area contributed by atoms with Crippen molar-refractivity contribution in [2.75, 3.05) is 0 Å². The molecule has 5 heteroatoms. The minimum Gasteiger partial charge on any atom is -0.456 e. The van der Waals surface area contributed by atoms with Crippen molar-refractivity contribution in [3.8, 4) is 0 Å². The summed E-state index contributed by atoms with van der Waals surface area (Å²) in [5.74, 6) is -0.505. The largest absolute Gasteiger partial charge is 0.456 e. The number of nitroso groups, excluding NO2 is 1. The molecule has 0 saturated carbocycles. The monoisotopic (exact) mass is 241 g/mol. The minimum absolute atomic E-state index is 0.0324. The van der Waals surface area contributed by atoms with Crippen LogP contribution in [0.15, 0.2) is 23.4 Å². The SMILES string of the molecule is CC(C)(C)OC(=O)c1ccc(Cl)c(N=O)c1. The number of nitrogens with zero attached hydrogens (tertiary/aromatic N) is 1. The van der Waals surface area contributed by atoms with Crippen LogP contribution in [-0.4, -0.2) is 11.6 Å². The Hall–Kier alpha value is -1.42. The number of halogens is 1. The molecule has 0 amide bonds. The number of carbonyl (C=O) groups excluding carboxylic acids is 1. The molecule has 0 saturated heterocycles. The van der Waals surface area contributed by atoms with Crippen molar-refractivity contribution in [1.29, 1.82) is 0 Å². The van der Waals surface area contributed by atoms with E-state index in [1.807, 2.05) is 0 Å². The summed E-state index contributed by atoms with van der Waals surface area (Å²) in [5, 5.41) is 2.93. The standard InChI is InChI=1S/C11H12ClNO3/c1-11(2,3)16-10(14)7-4-5-8(12)9(6-7)13-15/h4-6H,1-3H3. The molecule has 1 rings (SSSR count). The Morgan fingerprint density at radius 3 is 2.50 bits per heavy atom. The molecule has 0 fully saturated rings. The number of esters is 1. The van der Waals surface area contributed by atoms with Crippen molar-refractivity contribution in [3.63, 3.8) is 0 Å². The molecule has 0 unspecified atom stereocenters. The van der Waals surface area contributed by atoms with Gasteiger partial charge in [-0.2, -0.15) is 0 Å². The van der Waals surface area contributed by atoms with E-state index in [9.17, 15) is 9.70 Å². The lowest BCUT2D eigenvalue weighted by atomic mass is 10.1. The molecular weight excluding hydrogens is 230 g/mol. The van der Waals surface area contributed by atoms with Gasteiger partial charge in [-0.15, -0.1) is 4.91 Å².